The standard InChI is InChI=1S/C27H29NO6/c1-27(2,16-32-3)25-11-18-10-24(34-15-17-8-6-5-7-9-17)23(33-4)12-19(18)21-13-22(29)20(26(30)31)14-28(21)25/h5-10,12-14,25H,11,15-16H2,1-4H3,(H,30,31). The Morgan fingerprint density at radius 2 is 1.85 bits per heavy atom. The number of carboxylic acid groups (broad SMARTS) is 1. The number of aromatic nitrogens is 1. The average molecular weight is 464 g/mol. The van der Waals surface area contributed by atoms with E-state index < -0.39 is 11.4 Å². The molecule has 0 saturated carbocycles. The van der Waals surface area contributed by atoms with Crippen molar-refractivity contribution in [3.63, 3.8) is 0 Å². The Morgan fingerprint density at radius 1 is 1.12 bits per heavy atom. The third-order valence-electron chi connectivity index (χ3n) is 6.38. The molecule has 2 heterocycles. The number of aromatic carboxylic acids is 1. The van der Waals surface area contributed by atoms with Crippen LogP contribution in [-0.2, 0) is 17.8 Å². The van der Waals surface area contributed by atoms with Crippen LogP contribution >= 0.6 is 0 Å². The first-order valence-corrected chi connectivity index (χ1v) is 11.1. The lowest BCUT2D eigenvalue weighted by molar-refractivity contribution is 0.0615. The van der Waals surface area contributed by atoms with Crippen molar-refractivity contribution in [3.05, 3.63) is 81.6 Å². The number of rotatable bonds is 8. The van der Waals surface area contributed by atoms with E-state index in [4.69, 9.17) is 14.2 Å². The SMILES string of the molecule is COCC(C)(C)C1Cc2cc(OCc3ccccc3)c(OC)cc2-c2cc(=O)c(C(=O)O)cn21. The van der Waals surface area contributed by atoms with Crippen LogP contribution in [0.2, 0.25) is 0 Å². The molecule has 0 radical (unpaired) electrons. The zero-order valence-electron chi connectivity index (χ0n) is 19.8. The van der Waals surface area contributed by atoms with Crippen LogP contribution in [0.25, 0.3) is 11.3 Å². The molecule has 0 spiro atoms. The molecule has 4 rings (SSSR count). The molecule has 7 heteroatoms. The Kier molecular flexibility index (Phi) is 6.48. The van der Waals surface area contributed by atoms with Gasteiger partial charge in [-0.1, -0.05) is 44.2 Å². The summed E-state index contributed by atoms with van der Waals surface area (Å²) >= 11 is 0. The molecule has 0 aliphatic carbocycles. The van der Waals surface area contributed by atoms with E-state index in [1.807, 2.05) is 47.0 Å². The lowest BCUT2D eigenvalue weighted by Crippen LogP contribution is -2.37. The second-order valence-corrected chi connectivity index (χ2v) is 9.23. The number of methoxy groups -OCH3 is 2. The number of carboxylic acids is 1. The van der Waals surface area contributed by atoms with Crippen LogP contribution in [0.15, 0.2) is 59.5 Å². The maximum atomic E-state index is 12.6. The molecular weight excluding hydrogens is 434 g/mol. The zero-order valence-corrected chi connectivity index (χ0v) is 19.8. The second-order valence-electron chi connectivity index (χ2n) is 9.23. The first-order chi connectivity index (χ1) is 16.2. The fraction of sp³-hybridized carbons (Fsp3) is 0.333. The van der Waals surface area contributed by atoms with Gasteiger partial charge in [0.15, 0.2) is 16.9 Å². The van der Waals surface area contributed by atoms with E-state index in [0.717, 1.165) is 16.7 Å². The van der Waals surface area contributed by atoms with Crippen molar-refractivity contribution in [1.82, 2.24) is 4.57 Å². The topological polar surface area (TPSA) is 87.0 Å². The van der Waals surface area contributed by atoms with Gasteiger partial charge in [0.05, 0.1) is 19.4 Å². The van der Waals surface area contributed by atoms with Crippen molar-refractivity contribution in [2.45, 2.75) is 32.9 Å². The average Bonchev–Trinajstić information content (AvgIpc) is 2.81. The van der Waals surface area contributed by atoms with Gasteiger partial charge in [0.1, 0.15) is 12.2 Å². The van der Waals surface area contributed by atoms with E-state index in [-0.39, 0.29) is 17.0 Å². The highest BCUT2D eigenvalue weighted by Gasteiger charge is 2.37. The molecule has 1 aliphatic heterocycles. The summed E-state index contributed by atoms with van der Waals surface area (Å²) in [5, 5.41) is 9.55. The minimum absolute atomic E-state index is 0.135. The fourth-order valence-electron chi connectivity index (χ4n) is 4.63. The van der Waals surface area contributed by atoms with Crippen molar-refractivity contribution >= 4 is 5.97 Å². The molecule has 0 fully saturated rings. The van der Waals surface area contributed by atoms with Crippen LogP contribution in [0.4, 0.5) is 0 Å². The van der Waals surface area contributed by atoms with Crippen molar-refractivity contribution in [3.8, 4) is 22.8 Å². The molecular formula is C27H29NO6. The summed E-state index contributed by atoms with van der Waals surface area (Å²) in [5.41, 5.74) is 2.40. The summed E-state index contributed by atoms with van der Waals surface area (Å²) in [6, 6.07) is 15.0. The van der Waals surface area contributed by atoms with E-state index in [2.05, 4.69) is 13.8 Å². The van der Waals surface area contributed by atoms with E-state index >= 15 is 0 Å². The monoisotopic (exact) mass is 463 g/mol. The number of carbonyl (C=O) groups is 1. The van der Waals surface area contributed by atoms with Gasteiger partial charge in [0.25, 0.3) is 0 Å². The Bertz CT molecular complexity index is 1260. The van der Waals surface area contributed by atoms with Crippen LogP contribution in [0.3, 0.4) is 0 Å². The number of hydrogen-bond acceptors (Lipinski definition) is 5. The molecule has 2 aromatic carbocycles. The van der Waals surface area contributed by atoms with Crippen molar-refractivity contribution in [2.24, 2.45) is 5.41 Å². The van der Waals surface area contributed by atoms with Crippen LogP contribution < -0.4 is 14.9 Å². The normalized spacial score (nSPS) is 14.8. The Balaban J connectivity index is 1.84. The smallest absolute Gasteiger partial charge is 0.341 e. The Hall–Kier alpha value is -3.58. The van der Waals surface area contributed by atoms with Crippen molar-refractivity contribution < 1.29 is 24.1 Å². The summed E-state index contributed by atoms with van der Waals surface area (Å²) in [5.74, 6) is -0.0754. The van der Waals surface area contributed by atoms with Crippen LogP contribution in [0, 0.1) is 5.41 Å². The lowest BCUT2D eigenvalue weighted by Gasteiger charge is -2.40. The molecule has 178 valence electrons. The van der Waals surface area contributed by atoms with Gasteiger partial charge in [0.2, 0.25) is 0 Å². The zero-order chi connectivity index (χ0) is 24.5. The lowest BCUT2D eigenvalue weighted by atomic mass is 9.77. The number of hydrogen-bond donors (Lipinski definition) is 1. The van der Waals surface area contributed by atoms with E-state index in [1.165, 1.54) is 12.3 Å². The van der Waals surface area contributed by atoms with Gasteiger partial charge in [0, 0.05) is 36.4 Å². The largest absolute Gasteiger partial charge is 0.493 e. The van der Waals surface area contributed by atoms with Gasteiger partial charge >= 0.3 is 5.97 Å². The minimum Gasteiger partial charge on any atom is -0.493 e. The molecule has 0 saturated heterocycles. The summed E-state index contributed by atoms with van der Waals surface area (Å²) in [7, 11) is 3.22. The molecule has 1 aromatic heterocycles. The molecule has 0 bridgehead atoms. The third-order valence-corrected chi connectivity index (χ3v) is 6.38. The summed E-state index contributed by atoms with van der Waals surface area (Å²) in [4.78, 5) is 24.3. The summed E-state index contributed by atoms with van der Waals surface area (Å²) in [6.07, 6.45) is 2.07. The molecule has 1 N–H and O–H groups in total. The number of pyridine rings is 1. The molecule has 0 amide bonds. The highest BCUT2D eigenvalue weighted by Crippen LogP contribution is 2.46. The number of fused-ring (bicyclic) bond motifs is 3. The van der Waals surface area contributed by atoms with Gasteiger partial charge in [-0.3, -0.25) is 4.79 Å². The Labute approximate surface area is 198 Å². The van der Waals surface area contributed by atoms with Gasteiger partial charge in [-0.2, -0.15) is 0 Å². The summed E-state index contributed by atoms with van der Waals surface area (Å²) in [6.45, 7) is 5.01. The number of ether oxygens (including phenoxy) is 3. The van der Waals surface area contributed by atoms with Gasteiger partial charge < -0.3 is 23.9 Å². The fourth-order valence-corrected chi connectivity index (χ4v) is 4.63. The molecule has 3 aromatic rings. The predicted molar refractivity (Wildman–Crippen MR) is 129 cm³/mol. The first kappa shape index (κ1) is 23.6. The van der Waals surface area contributed by atoms with E-state index in [1.54, 1.807) is 14.2 Å². The van der Waals surface area contributed by atoms with E-state index in [9.17, 15) is 14.7 Å². The number of benzene rings is 2. The molecule has 1 atom stereocenters. The minimum atomic E-state index is -1.24. The first-order valence-electron chi connectivity index (χ1n) is 11.1. The van der Waals surface area contributed by atoms with Crippen LogP contribution in [0.1, 0.15) is 41.4 Å². The molecule has 1 aliphatic rings. The van der Waals surface area contributed by atoms with Gasteiger partial charge in [-0.05, 0) is 29.7 Å². The molecule has 34 heavy (non-hydrogen) atoms. The predicted octanol–water partition coefficient (Wildman–Crippen LogP) is 4.57. The quantitative estimate of drug-likeness (QED) is 0.527. The van der Waals surface area contributed by atoms with Crippen molar-refractivity contribution in [1.29, 1.82) is 0 Å². The second kappa shape index (κ2) is 9.35. The summed E-state index contributed by atoms with van der Waals surface area (Å²) < 4.78 is 19.1. The molecule has 7 nitrogen and oxygen atoms in total. The Morgan fingerprint density at radius 3 is 2.50 bits per heavy atom. The van der Waals surface area contributed by atoms with E-state index in [0.29, 0.717) is 36.8 Å². The van der Waals surface area contributed by atoms with Gasteiger partial charge in [-0.25, -0.2) is 4.79 Å². The number of nitrogens with zero attached hydrogens (tertiary/aromatic N) is 1. The maximum absolute atomic E-state index is 12.6. The third kappa shape index (κ3) is 4.43. The molecule has 1 unspecified atom stereocenters. The highest BCUT2D eigenvalue weighted by molar-refractivity contribution is 5.88. The van der Waals surface area contributed by atoms with Crippen LogP contribution in [0.5, 0.6) is 11.5 Å². The van der Waals surface area contributed by atoms with Crippen LogP contribution in [-0.4, -0.2) is 36.5 Å². The maximum Gasteiger partial charge on any atom is 0.341 e. The van der Waals surface area contributed by atoms with Crippen molar-refractivity contribution in [2.75, 3.05) is 20.8 Å². The van der Waals surface area contributed by atoms with Gasteiger partial charge in [-0.15, -0.1) is 0 Å². The highest BCUT2D eigenvalue weighted by atomic mass is 16.5.